The van der Waals surface area contributed by atoms with E-state index in [0.717, 1.165) is 5.56 Å². The van der Waals surface area contributed by atoms with Gasteiger partial charge in [0.15, 0.2) is 9.84 Å². The van der Waals surface area contributed by atoms with E-state index < -0.39 is 26.3 Å². The van der Waals surface area contributed by atoms with Gasteiger partial charge in [-0.15, -0.1) is 0 Å². The van der Waals surface area contributed by atoms with Crippen LogP contribution in [0, 0.1) is 5.82 Å². The van der Waals surface area contributed by atoms with Crippen LogP contribution in [-0.4, -0.2) is 31.5 Å². The summed E-state index contributed by atoms with van der Waals surface area (Å²) < 4.78 is 42.5. The summed E-state index contributed by atoms with van der Waals surface area (Å²) in [5.41, 5.74) is 0.965. The van der Waals surface area contributed by atoms with Crippen molar-refractivity contribution in [2.75, 3.05) is 6.61 Å². The van der Waals surface area contributed by atoms with Crippen LogP contribution in [0.2, 0.25) is 0 Å². The van der Waals surface area contributed by atoms with Crippen LogP contribution >= 0.6 is 0 Å². The van der Waals surface area contributed by atoms with Crippen molar-refractivity contribution in [1.82, 2.24) is 0 Å². The number of halogens is 1. The number of carbonyl (C=O) groups excluding carboxylic acids is 1. The first-order chi connectivity index (χ1) is 10.1. The van der Waals surface area contributed by atoms with Gasteiger partial charge in [0.05, 0.1) is 10.5 Å². The van der Waals surface area contributed by atoms with Gasteiger partial charge in [-0.3, -0.25) is 0 Å². The van der Waals surface area contributed by atoms with Crippen molar-refractivity contribution in [3.8, 4) is 0 Å². The fourth-order valence-electron chi connectivity index (χ4n) is 1.88. The second-order valence-corrected chi connectivity index (χ2v) is 8.21. The van der Waals surface area contributed by atoms with E-state index in [9.17, 15) is 17.6 Å². The molecule has 0 aliphatic rings. The molecule has 0 radical (unpaired) electrons. The van der Waals surface area contributed by atoms with Crippen molar-refractivity contribution in [3.05, 3.63) is 47.8 Å². The zero-order valence-electron chi connectivity index (χ0n) is 13.0. The van der Waals surface area contributed by atoms with Crippen LogP contribution in [0.4, 0.5) is 4.39 Å². The Kier molecular flexibility index (Phi) is 6.29. The smallest absolute Gasteiger partial charge is 0.333 e. The molecule has 122 valence electrons. The molecule has 0 saturated carbocycles. The van der Waals surface area contributed by atoms with Gasteiger partial charge >= 0.3 is 5.97 Å². The number of rotatable bonds is 7. The van der Waals surface area contributed by atoms with E-state index in [1.165, 1.54) is 26.0 Å². The van der Waals surface area contributed by atoms with Crippen LogP contribution in [0.5, 0.6) is 0 Å². The Balaban J connectivity index is 2.69. The molecular formula is C16H21FO4S. The normalized spacial score (nSPS) is 14.2. The minimum absolute atomic E-state index is 0.207. The molecule has 0 aromatic heterocycles. The number of carbonyl (C=O) groups is 1. The van der Waals surface area contributed by atoms with Crippen LogP contribution in [0.1, 0.15) is 26.3 Å². The number of benzene rings is 1. The summed E-state index contributed by atoms with van der Waals surface area (Å²) in [6.07, 6.45) is 0.279. The van der Waals surface area contributed by atoms with Crippen molar-refractivity contribution < 1.29 is 22.3 Å². The Morgan fingerprint density at radius 1 is 1.23 bits per heavy atom. The SMILES string of the molecule is C=C(C)C(=O)OCC(C)S(=O)(=O)C(C)Cc1ccc(F)cc1. The molecule has 2 unspecified atom stereocenters. The van der Waals surface area contributed by atoms with Gasteiger partial charge in [-0.1, -0.05) is 18.7 Å². The number of hydrogen-bond acceptors (Lipinski definition) is 4. The van der Waals surface area contributed by atoms with E-state index in [0.29, 0.717) is 0 Å². The first kappa shape index (κ1) is 18.4. The van der Waals surface area contributed by atoms with Crippen molar-refractivity contribution in [2.24, 2.45) is 0 Å². The molecule has 4 nitrogen and oxygen atoms in total. The molecule has 0 fully saturated rings. The van der Waals surface area contributed by atoms with Crippen LogP contribution in [0.15, 0.2) is 36.4 Å². The van der Waals surface area contributed by atoms with E-state index in [2.05, 4.69) is 6.58 Å². The number of esters is 1. The number of hydrogen-bond donors (Lipinski definition) is 0. The lowest BCUT2D eigenvalue weighted by Gasteiger charge is -2.19. The fourth-order valence-corrected chi connectivity index (χ4v) is 3.35. The van der Waals surface area contributed by atoms with Gasteiger partial charge in [0.2, 0.25) is 0 Å². The lowest BCUT2D eigenvalue weighted by molar-refractivity contribution is -0.138. The summed E-state index contributed by atoms with van der Waals surface area (Å²) in [6, 6.07) is 5.72. The molecule has 2 atom stereocenters. The maximum atomic E-state index is 12.9. The maximum absolute atomic E-state index is 12.9. The second-order valence-electron chi connectivity index (χ2n) is 5.42. The molecule has 0 aliphatic carbocycles. The summed E-state index contributed by atoms with van der Waals surface area (Å²) in [6.45, 7) is 7.83. The van der Waals surface area contributed by atoms with Gasteiger partial charge in [0, 0.05) is 5.57 Å². The van der Waals surface area contributed by atoms with E-state index in [1.54, 1.807) is 19.1 Å². The summed E-state index contributed by atoms with van der Waals surface area (Å²) in [4.78, 5) is 11.3. The van der Waals surface area contributed by atoms with Crippen molar-refractivity contribution in [3.63, 3.8) is 0 Å². The van der Waals surface area contributed by atoms with Crippen LogP contribution in [0.25, 0.3) is 0 Å². The quantitative estimate of drug-likeness (QED) is 0.570. The van der Waals surface area contributed by atoms with E-state index >= 15 is 0 Å². The summed E-state index contributed by atoms with van der Waals surface area (Å²) >= 11 is 0. The first-order valence-electron chi connectivity index (χ1n) is 6.94. The lowest BCUT2D eigenvalue weighted by Crippen LogP contribution is -2.33. The number of sulfone groups is 1. The topological polar surface area (TPSA) is 60.4 Å². The van der Waals surface area contributed by atoms with Gasteiger partial charge in [-0.2, -0.15) is 0 Å². The van der Waals surface area contributed by atoms with Gasteiger partial charge in [0.25, 0.3) is 0 Å². The van der Waals surface area contributed by atoms with Crippen LogP contribution in [-0.2, 0) is 25.8 Å². The van der Waals surface area contributed by atoms with Crippen LogP contribution < -0.4 is 0 Å². The summed E-state index contributed by atoms with van der Waals surface area (Å²) in [7, 11) is -3.47. The third-order valence-corrected chi connectivity index (χ3v) is 5.90. The van der Waals surface area contributed by atoms with Crippen molar-refractivity contribution in [2.45, 2.75) is 37.7 Å². The maximum Gasteiger partial charge on any atom is 0.333 e. The molecule has 1 aromatic carbocycles. The largest absolute Gasteiger partial charge is 0.461 e. The fraction of sp³-hybridized carbons (Fsp3) is 0.438. The zero-order chi connectivity index (χ0) is 16.9. The molecule has 0 aliphatic heterocycles. The molecule has 0 saturated heterocycles. The second kappa shape index (κ2) is 7.54. The van der Waals surface area contributed by atoms with Gasteiger partial charge in [0.1, 0.15) is 12.4 Å². The Labute approximate surface area is 130 Å². The molecule has 1 aromatic rings. The van der Waals surface area contributed by atoms with E-state index in [1.807, 2.05) is 0 Å². The van der Waals surface area contributed by atoms with Gasteiger partial charge < -0.3 is 4.74 Å². The zero-order valence-corrected chi connectivity index (χ0v) is 13.8. The van der Waals surface area contributed by atoms with Crippen molar-refractivity contribution >= 4 is 15.8 Å². The Bertz CT molecular complexity index is 635. The van der Waals surface area contributed by atoms with E-state index in [4.69, 9.17) is 4.74 Å². The third-order valence-electron chi connectivity index (χ3n) is 3.36. The molecule has 22 heavy (non-hydrogen) atoms. The monoisotopic (exact) mass is 328 g/mol. The summed E-state index contributed by atoms with van der Waals surface area (Å²) in [5.74, 6) is -0.965. The highest BCUT2D eigenvalue weighted by Gasteiger charge is 2.29. The minimum Gasteiger partial charge on any atom is -0.461 e. The van der Waals surface area contributed by atoms with Gasteiger partial charge in [-0.25, -0.2) is 17.6 Å². The minimum atomic E-state index is -3.47. The third kappa shape index (κ3) is 4.94. The highest BCUT2D eigenvalue weighted by Crippen LogP contribution is 2.16. The van der Waals surface area contributed by atoms with Crippen molar-refractivity contribution in [1.29, 1.82) is 0 Å². The Morgan fingerprint density at radius 2 is 1.77 bits per heavy atom. The molecule has 6 heteroatoms. The molecule has 0 heterocycles. The molecule has 0 bridgehead atoms. The van der Waals surface area contributed by atoms with E-state index in [-0.39, 0.29) is 24.4 Å². The average molecular weight is 328 g/mol. The summed E-state index contributed by atoms with van der Waals surface area (Å²) in [5, 5.41) is -1.47. The lowest BCUT2D eigenvalue weighted by atomic mass is 10.1. The molecular weight excluding hydrogens is 307 g/mol. The molecule has 0 amide bonds. The Hall–Kier alpha value is -1.69. The predicted octanol–water partition coefficient (Wildman–Crippen LogP) is 2.68. The van der Waals surface area contributed by atoms with Gasteiger partial charge in [-0.05, 0) is 44.9 Å². The predicted molar refractivity (Wildman–Crippen MR) is 83.7 cm³/mol. The Morgan fingerprint density at radius 3 is 2.27 bits per heavy atom. The first-order valence-corrected chi connectivity index (χ1v) is 8.55. The average Bonchev–Trinajstić information content (AvgIpc) is 2.46. The highest BCUT2D eigenvalue weighted by atomic mass is 32.2. The van der Waals surface area contributed by atoms with Crippen LogP contribution in [0.3, 0.4) is 0 Å². The standard InChI is InChI=1S/C16H21FO4S/c1-11(2)16(18)21-10-13(4)22(19,20)12(3)9-14-5-7-15(17)8-6-14/h5-8,12-13H,1,9-10H2,2-4H3. The highest BCUT2D eigenvalue weighted by molar-refractivity contribution is 7.92. The molecule has 0 spiro atoms. The molecule has 1 rings (SSSR count). The molecule has 0 N–H and O–H groups in total. The number of ether oxygens (including phenoxy) is 1.